The molecule has 1 unspecified atom stereocenters. The maximum Gasteiger partial charge on any atom is 0.237 e. The molecule has 2 fully saturated rings. The van der Waals surface area contributed by atoms with E-state index in [1.807, 2.05) is 25.7 Å². The van der Waals surface area contributed by atoms with Crippen LogP contribution in [0.1, 0.15) is 46.5 Å². The molecule has 0 aromatic heterocycles. The van der Waals surface area contributed by atoms with Crippen LogP contribution in [0.15, 0.2) is 0 Å². The molecule has 0 aromatic rings. The van der Waals surface area contributed by atoms with Gasteiger partial charge >= 0.3 is 0 Å². The smallest absolute Gasteiger partial charge is 0.237 e. The van der Waals surface area contributed by atoms with Gasteiger partial charge in [-0.25, -0.2) is 0 Å². The van der Waals surface area contributed by atoms with Crippen LogP contribution in [0.25, 0.3) is 0 Å². The molecular weight excluding hydrogens is 254 g/mol. The lowest BCUT2D eigenvalue weighted by atomic mass is 9.93. The van der Waals surface area contributed by atoms with Crippen LogP contribution in [0.5, 0.6) is 0 Å². The van der Waals surface area contributed by atoms with Gasteiger partial charge in [0.2, 0.25) is 11.8 Å². The quantitative estimate of drug-likeness (QED) is 0.790. The van der Waals surface area contributed by atoms with E-state index in [1.165, 1.54) is 0 Å². The molecule has 0 aromatic carbocycles. The predicted octanol–water partition coefficient (Wildman–Crippen LogP) is 0.892. The minimum Gasteiger partial charge on any atom is -0.352 e. The molecule has 0 saturated carbocycles. The Bertz CT molecular complexity index is 362. The van der Waals surface area contributed by atoms with Crippen molar-refractivity contribution in [1.82, 2.24) is 15.5 Å². The van der Waals surface area contributed by atoms with Crippen molar-refractivity contribution in [3.63, 3.8) is 0 Å². The molecule has 2 saturated heterocycles. The number of likely N-dealkylation sites (tertiary alicyclic amines) is 1. The van der Waals surface area contributed by atoms with E-state index in [0.717, 1.165) is 45.3 Å². The number of hydrogen-bond donors (Lipinski definition) is 2. The zero-order valence-electron chi connectivity index (χ0n) is 12.9. The summed E-state index contributed by atoms with van der Waals surface area (Å²) in [4.78, 5) is 26.1. The molecule has 2 N–H and O–H groups in total. The van der Waals surface area contributed by atoms with Crippen LogP contribution in [0.2, 0.25) is 0 Å². The Balaban J connectivity index is 1.77. The Morgan fingerprint density at radius 1 is 1.15 bits per heavy atom. The molecule has 2 heterocycles. The zero-order chi connectivity index (χ0) is 14.8. The second-order valence-corrected chi connectivity index (χ2v) is 6.97. The maximum absolute atomic E-state index is 12.2. The Morgan fingerprint density at radius 3 is 2.30 bits per heavy atom. The van der Waals surface area contributed by atoms with Crippen LogP contribution >= 0.6 is 0 Å². The van der Waals surface area contributed by atoms with E-state index in [0.29, 0.717) is 0 Å². The minimum absolute atomic E-state index is 0.00997. The summed E-state index contributed by atoms with van der Waals surface area (Å²) in [7, 11) is 0. The molecule has 0 bridgehead atoms. The van der Waals surface area contributed by atoms with Gasteiger partial charge < -0.3 is 15.5 Å². The third-order valence-corrected chi connectivity index (χ3v) is 4.15. The first-order valence-electron chi connectivity index (χ1n) is 7.71. The van der Waals surface area contributed by atoms with E-state index in [-0.39, 0.29) is 29.3 Å². The molecule has 20 heavy (non-hydrogen) atoms. The molecule has 0 radical (unpaired) electrons. The van der Waals surface area contributed by atoms with E-state index < -0.39 is 0 Å². The number of piperidine rings is 1. The summed E-state index contributed by atoms with van der Waals surface area (Å²) < 4.78 is 0. The molecule has 0 aliphatic carbocycles. The molecule has 5 heteroatoms. The second kappa shape index (κ2) is 6.12. The molecule has 114 valence electrons. The van der Waals surface area contributed by atoms with Crippen molar-refractivity contribution in [2.45, 2.75) is 58.5 Å². The van der Waals surface area contributed by atoms with Crippen LogP contribution < -0.4 is 10.6 Å². The van der Waals surface area contributed by atoms with Crippen molar-refractivity contribution < 1.29 is 9.59 Å². The molecule has 2 aliphatic rings. The van der Waals surface area contributed by atoms with Gasteiger partial charge in [0.05, 0.1) is 6.04 Å². The topological polar surface area (TPSA) is 61.4 Å². The van der Waals surface area contributed by atoms with Crippen molar-refractivity contribution in [2.75, 3.05) is 19.6 Å². The highest BCUT2D eigenvalue weighted by Gasteiger charge is 2.31. The summed E-state index contributed by atoms with van der Waals surface area (Å²) in [6.07, 6.45) is 3.74. The van der Waals surface area contributed by atoms with Gasteiger partial charge in [0.15, 0.2) is 0 Å². The number of carbonyl (C=O) groups is 2. The lowest BCUT2D eigenvalue weighted by Crippen LogP contribution is -2.51. The van der Waals surface area contributed by atoms with Crippen molar-refractivity contribution in [2.24, 2.45) is 5.41 Å². The maximum atomic E-state index is 12.2. The zero-order valence-corrected chi connectivity index (χ0v) is 12.9. The Kier molecular flexibility index (Phi) is 4.68. The number of amides is 2. The standard InChI is InChI=1S/C15H27N3O2/c1-15(2,3)14(20)18-9-6-11(7-10-18)17-13(19)12-5-4-8-16-12/h11-12,16H,4-10H2,1-3H3,(H,17,19). The first kappa shape index (κ1) is 15.3. The number of rotatable bonds is 2. The highest BCUT2D eigenvalue weighted by Crippen LogP contribution is 2.21. The highest BCUT2D eigenvalue weighted by atomic mass is 16.2. The number of carbonyl (C=O) groups excluding carboxylic acids is 2. The van der Waals surface area contributed by atoms with Gasteiger partial charge in [0, 0.05) is 24.5 Å². The van der Waals surface area contributed by atoms with Gasteiger partial charge in [-0.3, -0.25) is 9.59 Å². The van der Waals surface area contributed by atoms with Crippen LogP contribution in [0, 0.1) is 5.41 Å². The molecule has 2 rings (SSSR count). The van der Waals surface area contributed by atoms with Crippen LogP contribution in [0.3, 0.4) is 0 Å². The Morgan fingerprint density at radius 2 is 1.80 bits per heavy atom. The summed E-state index contributed by atoms with van der Waals surface area (Å²) in [5.41, 5.74) is -0.316. The van der Waals surface area contributed by atoms with Crippen molar-refractivity contribution >= 4 is 11.8 Å². The lowest BCUT2D eigenvalue weighted by Gasteiger charge is -2.36. The first-order chi connectivity index (χ1) is 9.38. The predicted molar refractivity (Wildman–Crippen MR) is 78.2 cm³/mol. The van der Waals surface area contributed by atoms with Crippen molar-refractivity contribution in [3.05, 3.63) is 0 Å². The summed E-state index contributed by atoms with van der Waals surface area (Å²) >= 11 is 0. The average Bonchev–Trinajstić information content (AvgIpc) is 2.91. The fourth-order valence-electron chi connectivity index (χ4n) is 2.91. The lowest BCUT2D eigenvalue weighted by molar-refractivity contribution is -0.140. The fourth-order valence-corrected chi connectivity index (χ4v) is 2.91. The van der Waals surface area contributed by atoms with Gasteiger partial charge in [-0.1, -0.05) is 20.8 Å². The molecule has 2 amide bonds. The average molecular weight is 281 g/mol. The summed E-state index contributed by atoms with van der Waals surface area (Å²) in [5.74, 6) is 0.336. The monoisotopic (exact) mass is 281 g/mol. The molecule has 0 spiro atoms. The van der Waals surface area contributed by atoms with E-state index in [9.17, 15) is 9.59 Å². The first-order valence-corrected chi connectivity index (χ1v) is 7.71. The number of nitrogens with zero attached hydrogens (tertiary/aromatic N) is 1. The fraction of sp³-hybridized carbons (Fsp3) is 0.867. The van der Waals surface area contributed by atoms with Crippen LogP contribution in [-0.4, -0.2) is 48.4 Å². The van der Waals surface area contributed by atoms with E-state index in [4.69, 9.17) is 0 Å². The number of nitrogens with one attached hydrogen (secondary N) is 2. The third kappa shape index (κ3) is 3.72. The van der Waals surface area contributed by atoms with E-state index in [1.54, 1.807) is 0 Å². The van der Waals surface area contributed by atoms with Gasteiger partial charge in [0.25, 0.3) is 0 Å². The van der Waals surface area contributed by atoms with Crippen LogP contribution in [0.4, 0.5) is 0 Å². The summed E-state index contributed by atoms with van der Waals surface area (Å²) in [6.45, 7) is 8.30. The van der Waals surface area contributed by atoms with Crippen molar-refractivity contribution in [1.29, 1.82) is 0 Å². The largest absolute Gasteiger partial charge is 0.352 e. The molecule has 5 nitrogen and oxygen atoms in total. The van der Waals surface area contributed by atoms with Gasteiger partial charge in [0.1, 0.15) is 0 Å². The Labute approximate surface area is 121 Å². The van der Waals surface area contributed by atoms with Crippen molar-refractivity contribution in [3.8, 4) is 0 Å². The summed E-state index contributed by atoms with van der Waals surface area (Å²) in [6, 6.07) is 0.207. The molecule has 2 aliphatic heterocycles. The van der Waals surface area contributed by atoms with Gasteiger partial charge in [-0.15, -0.1) is 0 Å². The Hall–Kier alpha value is -1.10. The second-order valence-electron chi connectivity index (χ2n) is 6.97. The summed E-state index contributed by atoms with van der Waals surface area (Å²) in [5, 5.41) is 6.34. The minimum atomic E-state index is -0.316. The van der Waals surface area contributed by atoms with E-state index in [2.05, 4.69) is 10.6 Å². The highest BCUT2D eigenvalue weighted by molar-refractivity contribution is 5.83. The normalized spacial score (nSPS) is 24.8. The van der Waals surface area contributed by atoms with Gasteiger partial charge in [-0.2, -0.15) is 0 Å². The van der Waals surface area contributed by atoms with Gasteiger partial charge in [-0.05, 0) is 32.2 Å². The molecular formula is C15H27N3O2. The SMILES string of the molecule is CC(C)(C)C(=O)N1CCC(NC(=O)C2CCCN2)CC1. The van der Waals surface area contributed by atoms with E-state index >= 15 is 0 Å². The molecule has 1 atom stereocenters. The van der Waals surface area contributed by atoms with Crippen LogP contribution in [-0.2, 0) is 9.59 Å². The third-order valence-electron chi connectivity index (χ3n) is 4.15. The number of hydrogen-bond acceptors (Lipinski definition) is 3.